The summed E-state index contributed by atoms with van der Waals surface area (Å²) in [6.45, 7) is 2.38. The molecule has 50 valence electrons. The van der Waals surface area contributed by atoms with E-state index in [0.717, 1.165) is 12.8 Å². The zero-order valence-electron chi connectivity index (χ0n) is 4.83. The molecule has 0 radical (unpaired) electrons. The monoisotopic (exact) mass is 137 g/mol. The summed E-state index contributed by atoms with van der Waals surface area (Å²) in [4.78, 5) is 17.9. The fraction of sp³-hybridized carbons (Fsp3) is 1.00. The molecule has 0 aliphatic rings. The van der Waals surface area contributed by atoms with Gasteiger partial charge in [0.25, 0.3) is 0 Å². The molecule has 1 atom stereocenters. The summed E-state index contributed by atoms with van der Waals surface area (Å²) in [5, 5.41) is 0. The SMILES string of the molecule is CCCCOP([O-])O. The van der Waals surface area contributed by atoms with Crippen molar-refractivity contribution in [2.24, 2.45) is 0 Å². The first-order valence-corrected chi connectivity index (χ1v) is 3.69. The van der Waals surface area contributed by atoms with E-state index in [-0.39, 0.29) is 0 Å². The maximum Gasteiger partial charge on any atom is 0.0792 e. The maximum atomic E-state index is 9.80. The van der Waals surface area contributed by atoms with Gasteiger partial charge in [0.05, 0.1) is 15.2 Å². The average molecular weight is 137 g/mol. The van der Waals surface area contributed by atoms with E-state index in [1.807, 2.05) is 6.92 Å². The van der Waals surface area contributed by atoms with E-state index in [2.05, 4.69) is 4.52 Å². The van der Waals surface area contributed by atoms with Gasteiger partial charge in [-0.3, -0.25) is 0 Å². The second-order valence-electron chi connectivity index (χ2n) is 1.42. The Hall–Kier alpha value is 0.310. The minimum absolute atomic E-state index is 0.391. The molecular formula is C4H10O3P-. The van der Waals surface area contributed by atoms with Crippen LogP contribution in [0.5, 0.6) is 0 Å². The first-order valence-electron chi connectivity index (χ1n) is 2.56. The Labute approximate surface area is 50.3 Å². The van der Waals surface area contributed by atoms with E-state index in [9.17, 15) is 4.89 Å². The molecule has 0 aliphatic heterocycles. The van der Waals surface area contributed by atoms with Crippen molar-refractivity contribution in [3.05, 3.63) is 0 Å². The van der Waals surface area contributed by atoms with Crippen LogP contribution in [0.15, 0.2) is 0 Å². The lowest BCUT2D eigenvalue weighted by Crippen LogP contribution is -1.98. The Morgan fingerprint density at radius 2 is 2.38 bits per heavy atom. The van der Waals surface area contributed by atoms with E-state index in [0.29, 0.717) is 6.61 Å². The van der Waals surface area contributed by atoms with Gasteiger partial charge in [0, 0.05) is 0 Å². The molecule has 0 amide bonds. The fourth-order valence-electron chi connectivity index (χ4n) is 0.287. The van der Waals surface area contributed by atoms with Gasteiger partial charge in [-0.15, -0.1) is 0 Å². The molecule has 0 aromatic heterocycles. The van der Waals surface area contributed by atoms with Crippen LogP contribution in [0.25, 0.3) is 0 Å². The smallest absolute Gasteiger partial charge is 0.0792 e. The Morgan fingerprint density at radius 1 is 1.75 bits per heavy atom. The average Bonchev–Trinajstić information content (AvgIpc) is 1.66. The molecule has 8 heavy (non-hydrogen) atoms. The third kappa shape index (κ3) is 6.31. The Balaban J connectivity index is 2.72. The highest BCUT2D eigenvalue weighted by Gasteiger charge is 1.84. The number of rotatable bonds is 4. The molecule has 0 spiro atoms. The van der Waals surface area contributed by atoms with Crippen molar-refractivity contribution < 1.29 is 14.3 Å². The topological polar surface area (TPSA) is 52.5 Å². The molecule has 3 nitrogen and oxygen atoms in total. The van der Waals surface area contributed by atoms with Crippen molar-refractivity contribution in [3.8, 4) is 0 Å². The quantitative estimate of drug-likeness (QED) is 0.450. The van der Waals surface area contributed by atoms with Gasteiger partial charge < -0.3 is 14.3 Å². The van der Waals surface area contributed by atoms with E-state index in [4.69, 9.17) is 4.89 Å². The lowest BCUT2D eigenvalue weighted by Gasteiger charge is -2.13. The van der Waals surface area contributed by atoms with Gasteiger partial charge in [-0.05, 0) is 6.42 Å². The van der Waals surface area contributed by atoms with Crippen LogP contribution in [0.3, 0.4) is 0 Å². The summed E-state index contributed by atoms with van der Waals surface area (Å²) in [7, 11) is -2.36. The van der Waals surface area contributed by atoms with E-state index in [1.165, 1.54) is 0 Å². The van der Waals surface area contributed by atoms with Crippen molar-refractivity contribution in [1.29, 1.82) is 0 Å². The molecule has 1 N–H and O–H groups in total. The molecule has 0 saturated carbocycles. The summed E-state index contributed by atoms with van der Waals surface area (Å²) in [5.41, 5.74) is 0. The molecule has 0 saturated heterocycles. The molecule has 0 fully saturated rings. The van der Waals surface area contributed by atoms with Crippen LogP contribution in [0.4, 0.5) is 0 Å². The van der Waals surface area contributed by atoms with E-state index < -0.39 is 8.60 Å². The van der Waals surface area contributed by atoms with Gasteiger partial charge in [-0.2, -0.15) is 0 Å². The molecule has 0 heterocycles. The summed E-state index contributed by atoms with van der Waals surface area (Å²) < 4.78 is 4.35. The summed E-state index contributed by atoms with van der Waals surface area (Å²) in [5.74, 6) is 0. The lowest BCUT2D eigenvalue weighted by molar-refractivity contribution is -0.199. The van der Waals surface area contributed by atoms with Crippen molar-refractivity contribution in [1.82, 2.24) is 0 Å². The van der Waals surface area contributed by atoms with Crippen molar-refractivity contribution >= 4 is 8.60 Å². The van der Waals surface area contributed by atoms with Crippen LogP contribution in [-0.2, 0) is 4.52 Å². The summed E-state index contributed by atoms with van der Waals surface area (Å²) in [6, 6.07) is 0. The third-order valence-electron chi connectivity index (χ3n) is 0.700. The van der Waals surface area contributed by atoms with Gasteiger partial charge in [-0.25, -0.2) is 0 Å². The largest absolute Gasteiger partial charge is 0.786 e. The molecule has 0 rings (SSSR count). The zero-order valence-corrected chi connectivity index (χ0v) is 5.73. The standard InChI is InChI=1S/C4H10O3P/c1-2-3-4-7-8(5)6/h5H,2-4H2,1H3/q-1. The Morgan fingerprint density at radius 3 is 2.75 bits per heavy atom. The lowest BCUT2D eigenvalue weighted by atomic mass is 10.4. The number of unbranched alkanes of at least 4 members (excludes halogenated alkanes) is 1. The molecule has 1 unspecified atom stereocenters. The predicted molar refractivity (Wildman–Crippen MR) is 30.0 cm³/mol. The van der Waals surface area contributed by atoms with E-state index >= 15 is 0 Å². The number of hydrogen-bond acceptors (Lipinski definition) is 3. The van der Waals surface area contributed by atoms with Gasteiger partial charge in [0.15, 0.2) is 0 Å². The minimum Gasteiger partial charge on any atom is -0.786 e. The van der Waals surface area contributed by atoms with Crippen LogP contribution >= 0.6 is 8.60 Å². The number of hydrogen-bond donors (Lipinski definition) is 1. The zero-order chi connectivity index (χ0) is 6.41. The molecule has 0 aliphatic carbocycles. The van der Waals surface area contributed by atoms with Crippen LogP contribution in [-0.4, -0.2) is 11.5 Å². The predicted octanol–water partition coefficient (Wildman–Crippen LogP) is 0.383. The van der Waals surface area contributed by atoms with Crippen LogP contribution in [0, 0.1) is 0 Å². The van der Waals surface area contributed by atoms with Gasteiger partial charge in [0.2, 0.25) is 0 Å². The minimum atomic E-state index is -2.36. The molecule has 0 aromatic carbocycles. The Kier molecular flexibility index (Phi) is 5.66. The second-order valence-corrected chi connectivity index (χ2v) is 2.16. The highest BCUT2D eigenvalue weighted by Crippen LogP contribution is 2.18. The molecule has 4 heteroatoms. The van der Waals surface area contributed by atoms with Crippen molar-refractivity contribution in [3.63, 3.8) is 0 Å². The van der Waals surface area contributed by atoms with Crippen molar-refractivity contribution in [2.45, 2.75) is 19.8 Å². The van der Waals surface area contributed by atoms with E-state index in [1.54, 1.807) is 0 Å². The first-order chi connectivity index (χ1) is 3.77. The molecular weight excluding hydrogens is 127 g/mol. The van der Waals surface area contributed by atoms with Crippen LogP contribution < -0.4 is 4.89 Å². The summed E-state index contributed by atoms with van der Waals surface area (Å²) in [6.07, 6.45) is 1.84. The maximum absolute atomic E-state index is 9.80. The fourth-order valence-corrected chi connectivity index (χ4v) is 0.572. The van der Waals surface area contributed by atoms with Gasteiger partial charge >= 0.3 is 0 Å². The molecule has 0 bridgehead atoms. The third-order valence-corrected chi connectivity index (χ3v) is 1.10. The highest BCUT2D eigenvalue weighted by atomic mass is 31.2. The highest BCUT2D eigenvalue weighted by molar-refractivity contribution is 7.37. The van der Waals surface area contributed by atoms with Crippen LogP contribution in [0.1, 0.15) is 19.8 Å². The van der Waals surface area contributed by atoms with Gasteiger partial charge in [-0.1, -0.05) is 13.3 Å². The Bertz CT molecular complexity index is 48.5. The summed E-state index contributed by atoms with van der Waals surface area (Å²) >= 11 is 0. The second kappa shape index (κ2) is 5.45. The first kappa shape index (κ1) is 8.31. The van der Waals surface area contributed by atoms with Crippen LogP contribution in [0.2, 0.25) is 0 Å². The van der Waals surface area contributed by atoms with Crippen molar-refractivity contribution in [2.75, 3.05) is 6.61 Å². The van der Waals surface area contributed by atoms with Gasteiger partial charge in [0.1, 0.15) is 0 Å². The normalized spacial score (nSPS) is 13.9. The molecule has 0 aromatic rings.